The minimum Gasteiger partial charge on any atom is -0.507 e. The lowest BCUT2D eigenvalue weighted by molar-refractivity contribution is 0.0870. The Morgan fingerprint density at radius 3 is 2.80 bits per heavy atom. The fourth-order valence-electron chi connectivity index (χ4n) is 1.92. The normalized spacial score (nSPS) is 14.2. The van der Waals surface area contributed by atoms with Crippen molar-refractivity contribution in [2.75, 3.05) is 0 Å². The SMILES string of the molecule is O=C(c1cnn(C(=O)C2CC2)c1)c1cc(Cl)ccc1O. The molecule has 0 unspecified atom stereocenters. The number of ketones is 1. The average Bonchev–Trinajstić information content (AvgIpc) is 3.17. The number of carbonyl (C=O) groups excluding carboxylic acids is 2. The van der Waals surface area contributed by atoms with Crippen molar-refractivity contribution in [3.05, 3.63) is 46.7 Å². The Morgan fingerprint density at radius 2 is 2.10 bits per heavy atom. The van der Waals surface area contributed by atoms with Crippen molar-refractivity contribution in [3.8, 4) is 5.75 Å². The summed E-state index contributed by atoms with van der Waals surface area (Å²) in [6.07, 6.45) is 4.46. The summed E-state index contributed by atoms with van der Waals surface area (Å²) in [4.78, 5) is 24.1. The van der Waals surface area contributed by atoms with E-state index in [0.29, 0.717) is 5.02 Å². The van der Waals surface area contributed by atoms with Crippen molar-refractivity contribution < 1.29 is 14.7 Å². The Hall–Kier alpha value is -2.14. The molecule has 0 saturated heterocycles. The Morgan fingerprint density at radius 1 is 1.35 bits per heavy atom. The van der Waals surface area contributed by atoms with E-state index < -0.39 is 5.78 Å². The minimum absolute atomic E-state index is 0.0254. The fraction of sp³-hybridized carbons (Fsp3) is 0.214. The van der Waals surface area contributed by atoms with E-state index in [0.717, 1.165) is 12.8 Å². The van der Waals surface area contributed by atoms with Gasteiger partial charge in [0.15, 0.2) is 5.78 Å². The third kappa shape index (κ3) is 2.32. The quantitative estimate of drug-likeness (QED) is 0.882. The maximum atomic E-state index is 12.3. The fourth-order valence-corrected chi connectivity index (χ4v) is 2.10. The smallest absolute Gasteiger partial charge is 0.249 e. The topological polar surface area (TPSA) is 72.2 Å². The molecule has 1 saturated carbocycles. The second kappa shape index (κ2) is 4.76. The lowest BCUT2D eigenvalue weighted by Gasteiger charge is -2.02. The molecule has 0 aliphatic heterocycles. The van der Waals surface area contributed by atoms with Crippen molar-refractivity contribution in [3.63, 3.8) is 0 Å². The highest BCUT2D eigenvalue weighted by molar-refractivity contribution is 6.31. The van der Waals surface area contributed by atoms with E-state index in [9.17, 15) is 14.7 Å². The molecule has 0 atom stereocenters. The molecule has 1 fully saturated rings. The molecule has 3 rings (SSSR count). The van der Waals surface area contributed by atoms with Gasteiger partial charge in [-0.1, -0.05) is 11.6 Å². The van der Waals surface area contributed by atoms with E-state index in [1.165, 1.54) is 35.3 Å². The van der Waals surface area contributed by atoms with Crippen LogP contribution in [0.4, 0.5) is 0 Å². The van der Waals surface area contributed by atoms with E-state index >= 15 is 0 Å². The molecule has 0 spiro atoms. The van der Waals surface area contributed by atoms with Crippen LogP contribution < -0.4 is 0 Å². The number of benzene rings is 1. The molecule has 1 aromatic carbocycles. The van der Waals surface area contributed by atoms with Crippen LogP contribution in [0.25, 0.3) is 0 Å². The molecular weight excluding hydrogens is 280 g/mol. The highest BCUT2D eigenvalue weighted by atomic mass is 35.5. The summed E-state index contributed by atoms with van der Waals surface area (Å²) in [6.45, 7) is 0. The zero-order chi connectivity index (χ0) is 14.3. The number of hydrogen-bond donors (Lipinski definition) is 1. The van der Waals surface area contributed by atoms with Gasteiger partial charge in [-0.3, -0.25) is 9.59 Å². The molecule has 0 bridgehead atoms. The Labute approximate surface area is 119 Å². The summed E-state index contributed by atoms with van der Waals surface area (Å²) in [6, 6.07) is 4.24. The van der Waals surface area contributed by atoms with Crippen LogP contribution in [0.15, 0.2) is 30.6 Å². The number of phenolic OH excluding ortho intramolecular Hbond substituents is 1. The lowest BCUT2D eigenvalue weighted by Crippen LogP contribution is -2.12. The number of aromatic hydroxyl groups is 1. The predicted molar refractivity (Wildman–Crippen MR) is 72.1 cm³/mol. The van der Waals surface area contributed by atoms with Gasteiger partial charge in [-0.15, -0.1) is 0 Å². The van der Waals surface area contributed by atoms with Gasteiger partial charge >= 0.3 is 0 Å². The summed E-state index contributed by atoms with van der Waals surface area (Å²) in [5.74, 6) is -0.641. The molecule has 20 heavy (non-hydrogen) atoms. The number of halogens is 1. The summed E-state index contributed by atoms with van der Waals surface area (Å²) in [7, 11) is 0. The number of carbonyl (C=O) groups is 2. The average molecular weight is 291 g/mol. The van der Waals surface area contributed by atoms with Crippen LogP contribution in [0.5, 0.6) is 5.75 Å². The summed E-state index contributed by atoms with van der Waals surface area (Å²) in [5.41, 5.74) is 0.340. The zero-order valence-corrected chi connectivity index (χ0v) is 11.2. The number of aromatic nitrogens is 2. The minimum atomic E-state index is -0.417. The van der Waals surface area contributed by atoms with E-state index in [1.807, 2.05) is 0 Å². The lowest BCUT2D eigenvalue weighted by atomic mass is 10.1. The molecule has 5 nitrogen and oxygen atoms in total. The predicted octanol–water partition coefficient (Wildman–Crippen LogP) is 2.52. The van der Waals surface area contributed by atoms with Crippen LogP contribution in [0.3, 0.4) is 0 Å². The van der Waals surface area contributed by atoms with E-state index in [1.54, 1.807) is 0 Å². The molecular formula is C14H11ClN2O3. The standard InChI is InChI=1S/C14H11ClN2O3/c15-10-3-4-12(18)11(5-10)13(19)9-6-16-17(7-9)14(20)8-1-2-8/h3-8,18H,1-2H2. The van der Waals surface area contributed by atoms with Gasteiger partial charge < -0.3 is 5.11 Å². The van der Waals surface area contributed by atoms with Gasteiger partial charge in [0.25, 0.3) is 0 Å². The van der Waals surface area contributed by atoms with E-state index in [2.05, 4.69) is 5.10 Å². The maximum absolute atomic E-state index is 12.3. The van der Waals surface area contributed by atoms with Gasteiger partial charge in [0.2, 0.25) is 5.91 Å². The van der Waals surface area contributed by atoms with Gasteiger partial charge in [-0.2, -0.15) is 5.10 Å². The number of nitrogens with zero attached hydrogens (tertiary/aromatic N) is 2. The molecule has 6 heteroatoms. The molecule has 1 aromatic heterocycles. The highest BCUT2D eigenvalue weighted by Gasteiger charge is 2.31. The molecule has 0 radical (unpaired) electrons. The molecule has 1 heterocycles. The van der Waals surface area contributed by atoms with E-state index in [4.69, 9.17) is 11.6 Å². The van der Waals surface area contributed by atoms with Crippen molar-refractivity contribution in [1.29, 1.82) is 0 Å². The first kappa shape index (κ1) is 12.9. The van der Waals surface area contributed by atoms with Crippen LogP contribution in [-0.4, -0.2) is 26.6 Å². The van der Waals surface area contributed by atoms with Crippen molar-refractivity contribution in [1.82, 2.24) is 9.78 Å². The van der Waals surface area contributed by atoms with Gasteiger partial charge in [-0.05, 0) is 31.0 Å². The second-order valence-corrected chi connectivity index (χ2v) is 5.21. The monoisotopic (exact) mass is 290 g/mol. The number of hydrogen-bond acceptors (Lipinski definition) is 4. The van der Waals surface area contributed by atoms with Crippen LogP contribution in [0.1, 0.15) is 33.6 Å². The molecule has 1 aliphatic carbocycles. The first-order valence-corrected chi connectivity index (χ1v) is 6.56. The van der Waals surface area contributed by atoms with Crippen molar-refractivity contribution >= 4 is 23.3 Å². The first-order chi connectivity index (χ1) is 9.56. The van der Waals surface area contributed by atoms with Gasteiger partial charge in [0.05, 0.1) is 17.3 Å². The van der Waals surface area contributed by atoms with Crippen LogP contribution in [0, 0.1) is 5.92 Å². The Bertz CT molecular complexity index is 704. The summed E-state index contributed by atoms with van der Waals surface area (Å²) >= 11 is 5.82. The highest BCUT2D eigenvalue weighted by Crippen LogP contribution is 2.30. The third-order valence-electron chi connectivity index (χ3n) is 3.20. The molecule has 1 N–H and O–H groups in total. The van der Waals surface area contributed by atoms with Crippen LogP contribution >= 0.6 is 11.6 Å². The molecule has 2 aromatic rings. The van der Waals surface area contributed by atoms with Crippen LogP contribution in [-0.2, 0) is 0 Å². The zero-order valence-electron chi connectivity index (χ0n) is 10.4. The molecule has 102 valence electrons. The van der Waals surface area contributed by atoms with Gasteiger partial charge in [-0.25, -0.2) is 4.68 Å². The molecule has 1 aliphatic rings. The number of rotatable bonds is 3. The number of phenols is 1. The first-order valence-electron chi connectivity index (χ1n) is 6.18. The van der Waals surface area contributed by atoms with E-state index in [-0.39, 0.29) is 28.7 Å². The summed E-state index contributed by atoms with van der Waals surface area (Å²) in [5, 5.41) is 14.0. The Kier molecular flexibility index (Phi) is 3.06. The Balaban J connectivity index is 1.90. The van der Waals surface area contributed by atoms with Crippen molar-refractivity contribution in [2.45, 2.75) is 12.8 Å². The van der Waals surface area contributed by atoms with Crippen LogP contribution in [0.2, 0.25) is 5.02 Å². The maximum Gasteiger partial charge on any atom is 0.249 e. The largest absolute Gasteiger partial charge is 0.507 e. The molecule has 0 amide bonds. The third-order valence-corrected chi connectivity index (χ3v) is 3.44. The van der Waals surface area contributed by atoms with Gasteiger partial charge in [0, 0.05) is 17.1 Å². The van der Waals surface area contributed by atoms with Crippen molar-refractivity contribution in [2.24, 2.45) is 5.92 Å². The van der Waals surface area contributed by atoms with Gasteiger partial charge in [0.1, 0.15) is 5.75 Å². The second-order valence-electron chi connectivity index (χ2n) is 4.78. The summed E-state index contributed by atoms with van der Waals surface area (Å²) < 4.78 is 1.19.